The van der Waals surface area contributed by atoms with Gasteiger partial charge in [-0.2, -0.15) is 0 Å². The van der Waals surface area contributed by atoms with E-state index < -0.39 is 15.8 Å². The summed E-state index contributed by atoms with van der Waals surface area (Å²) in [5.41, 5.74) is 7.11. The van der Waals surface area contributed by atoms with E-state index in [4.69, 9.17) is 28.9 Å². The molecular weight excluding hydrogens is 487 g/mol. The van der Waals surface area contributed by atoms with Crippen molar-refractivity contribution in [2.45, 2.75) is 24.8 Å². The molecular formula is C21H18Cl2N6O3S. The molecule has 33 heavy (non-hydrogen) atoms. The molecule has 0 fully saturated rings. The summed E-state index contributed by atoms with van der Waals surface area (Å²) >= 11 is 11.8. The van der Waals surface area contributed by atoms with Crippen LogP contribution in [-0.2, 0) is 10.0 Å². The highest BCUT2D eigenvalue weighted by atomic mass is 35.5. The molecule has 3 N–H and O–H groups in total. The zero-order valence-corrected chi connectivity index (χ0v) is 19.8. The molecule has 0 amide bonds. The van der Waals surface area contributed by atoms with E-state index >= 15 is 0 Å². The minimum Gasteiger partial charge on any atom is -0.383 e. The first-order valence-electron chi connectivity index (χ1n) is 9.66. The second-order valence-electron chi connectivity index (χ2n) is 7.50. The van der Waals surface area contributed by atoms with Crippen LogP contribution >= 0.6 is 23.2 Å². The van der Waals surface area contributed by atoms with Crippen molar-refractivity contribution in [3.05, 3.63) is 70.4 Å². The largest absolute Gasteiger partial charge is 0.383 e. The van der Waals surface area contributed by atoms with Gasteiger partial charge in [0, 0.05) is 34.0 Å². The zero-order valence-electron chi connectivity index (χ0n) is 17.5. The number of carbonyl (C=O) groups excluding carboxylic acids is 1. The number of nitrogens with two attached hydrogens (primary N) is 1. The molecule has 0 aliphatic rings. The quantitative estimate of drug-likeness (QED) is 0.373. The summed E-state index contributed by atoms with van der Waals surface area (Å²) in [5.74, 6) is -0.231. The number of halogens is 2. The number of nitrogens with zero attached hydrogens (tertiary/aromatic N) is 4. The van der Waals surface area contributed by atoms with Gasteiger partial charge >= 0.3 is 0 Å². The molecule has 0 aliphatic heterocycles. The van der Waals surface area contributed by atoms with Gasteiger partial charge in [0.1, 0.15) is 17.8 Å². The van der Waals surface area contributed by atoms with Crippen molar-refractivity contribution in [2.24, 2.45) is 0 Å². The van der Waals surface area contributed by atoms with Crippen molar-refractivity contribution >= 4 is 61.5 Å². The molecule has 0 atom stereocenters. The predicted octanol–water partition coefficient (Wildman–Crippen LogP) is 4.33. The first-order valence-corrected chi connectivity index (χ1v) is 11.9. The molecule has 3 heterocycles. The summed E-state index contributed by atoms with van der Waals surface area (Å²) in [6, 6.07) is 5.36. The summed E-state index contributed by atoms with van der Waals surface area (Å²) < 4.78 is 29.8. The number of sulfonamides is 1. The fourth-order valence-corrected chi connectivity index (χ4v) is 5.11. The van der Waals surface area contributed by atoms with Gasteiger partial charge in [0.2, 0.25) is 0 Å². The molecule has 3 aromatic heterocycles. The maximum Gasteiger partial charge on any atom is 0.262 e. The van der Waals surface area contributed by atoms with Crippen molar-refractivity contribution in [3.63, 3.8) is 0 Å². The van der Waals surface area contributed by atoms with Crippen LogP contribution in [0.5, 0.6) is 0 Å². The number of nitrogen functional groups attached to an aromatic ring is 1. The SMILES string of the molecule is CC(C)n1cc(C(=O)c2cncc(NS(=O)(=O)c3cc(Cl)cc(Cl)c3)c2)c2c(N)ncnc21. The third kappa shape index (κ3) is 4.50. The van der Waals surface area contributed by atoms with Gasteiger partial charge in [0.15, 0.2) is 5.78 Å². The second-order valence-corrected chi connectivity index (χ2v) is 10.1. The van der Waals surface area contributed by atoms with Gasteiger partial charge in [-0.15, -0.1) is 0 Å². The highest BCUT2D eigenvalue weighted by Crippen LogP contribution is 2.29. The Hall–Kier alpha value is -3.21. The lowest BCUT2D eigenvalue weighted by molar-refractivity contribution is 0.103. The zero-order chi connectivity index (χ0) is 23.9. The average Bonchev–Trinajstić information content (AvgIpc) is 3.14. The van der Waals surface area contributed by atoms with Gasteiger partial charge in [-0.05, 0) is 38.1 Å². The average molecular weight is 505 g/mol. The lowest BCUT2D eigenvalue weighted by atomic mass is 10.1. The summed E-state index contributed by atoms with van der Waals surface area (Å²) in [6.07, 6.45) is 5.63. The van der Waals surface area contributed by atoms with Gasteiger partial charge in [-0.1, -0.05) is 23.2 Å². The Balaban J connectivity index is 1.72. The molecule has 170 valence electrons. The molecule has 1 aromatic carbocycles. The van der Waals surface area contributed by atoms with Gasteiger partial charge in [-0.25, -0.2) is 18.4 Å². The summed E-state index contributed by atoms with van der Waals surface area (Å²) in [5, 5.41) is 0.772. The van der Waals surface area contributed by atoms with E-state index in [9.17, 15) is 13.2 Å². The molecule has 0 spiro atoms. The summed E-state index contributed by atoms with van der Waals surface area (Å²) in [4.78, 5) is 25.5. The van der Waals surface area contributed by atoms with E-state index in [-0.39, 0.29) is 38.1 Å². The Labute approximate surface area is 199 Å². The number of anilines is 2. The molecule has 0 bridgehead atoms. The maximum absolute atomic E-state index is 13.3. The van der Waals surface area contributed by atoms with Crippen molar-refractivity contribution in [1.29, 1.82) is 0 Å². The highest BCUT2D eigenvalue weighted by molar-refractivity contribution is 7.92. The Bertz CT molecular complexity index is 1480. The molecule has 0 unspecified atom stereocenters. The number of rotatable bonds is 6. The Kier molecular flexibility index (Phi) is 6.00. The van der Waals surface area contributed by atoms with Crippen LogP contribution in [0.2, 0.25) is 10.0 Å². The normalized spacial score (nSPS) is 11.8. The lowest BCUT2D eigenvalue weighted by Crippen LogP contribution is -2.14. The van der Waals surface area contributed by atoms with E-state index in [1.54, 1.807) is 6.20 Å². The number of hydrogen-bond donors (Lipinski definition) is 2. The summed E-state index contributed by atoms with van der Waals surface area (Å²) in [7, 11) is -4.03. The minimum absolute atomic E-state index is 0.0177. The van der Waals surface area contributed by atoms with E-state index in [0.717, 1.165) is 0 Å². The molecule has 0 radical (unpaired) electrons. The van der Waals surface area contributed by atoms with Crippen LogP contribution in [0.3, 0.4) is 0 Å². The third-order valence-corrected chi connectivity index (χ3v) is 6.64. The Morgan fingerprint density at radius 3 is 2.45 bits per heavy atom. The van der Waals surface area contributed by atoms with E-state index in [0.29, 0.717) is 16.6 Å². The van der Waals surface area contributed by atoms with E-state index in [1.807, 2.05) is 18.4 Å². The molecule has 12 heteroatoms. The molecule has 9 nitrogen and oxygen atoms in total. The number of benzene rings is 1. The van der Waals surface area contributed by atoms with Gasteiger partial charge < -0.3 is 10.3 Å². The highest BCUT2D eigenvalue weighted by Gasteiger charge is 2.23. The van der Waals surface area contributed by atoms with Crippen molar-refractivity contribution in [3.8, 4) is 0 Å². The van der Waals surface area contributed by atoms with Crippen LogP contribution in [0.1, 0.15) is 35.8 Å². The number of nitrogens with one attached hydrogen (secondary N) is 1. The first-order chi connectivity index (χ1) is 15.6. The van der Waals surface area contributed by atoms with Gasteiger partial charge in [0.25, 0.3) is 10.0 Å². The monoisotopic (exact) mass is 504 g/mol. The van der Waals surface area contributed by atoms with Crippen LogP contribution < -0.4 is 10.5 Å². The number of fused-ring (bicyclic) bond motifs is 1. The van der Waals surface area contributed by atoms with Crippen molar-refractivity contribution < 1.29 is 13.2 Å². The predicted molar refractivity (Wildman–Crippen MR) is 127 cm³/mol. The van der Waals surface area contributed by atoms with Gasteiger partial charge in [-0.3, -0.25) is 14.5 Å². The fraction of sp³-hybridized carbons (Fsp3) is 0.143. The smallest absolute Gasteiger partial charge is 0.262 e. The molecule has 0 aliphatic carbocycles. The van der Waals surface area contributed by atoms with Crippen LogP contribution in [-0.4, -0.2) is 33.7 Å². The third-order valence-electron chi connectivity index (χ3n) is 4.84. The lowest BCUT2D eigenvalue weighted by Gasteiger charge is -2.10. The summed E-state index contributed by atoms with van der Waals surface area (Å²) in [6.45, 7) is 3.90. The van der Waals surface area contributed by atoms with Crippen LogP contribution in [0.15, 0.2) is 54.1 Å². The fourth-order valence-electron chi connectivity index (χ4n) is 3.35. The topological polar surface area (TPSA) is 133 Å². The van der Waals surface area contributed by atoms with E-state index in [1.165, 1.54) is 43.0 Å². The number of pyridine rings is 1. The molecule has 4 rings (SSSR count). The number of hydrogen-bond acceptors (Lipinski definition) is 7. The second kappa shape index (κ2) is 8.62. The number of carbonyl (C=O) groups is 1. The van der Waals surface area contributed by atoms with Crippen LogP contribution in [0.4, 0.5) is 11.5 Å². The number of aromatic nitrogens is 4. The Morgan fingerprint density at radius 2 is 1.79 bits per heavy atom. The standard InChI is InChI=1S/C21H18Cl2N6O3S/c1-11(2)29-9-17(18-20(24)26-10-27-21(18)29)19(30)12-3-15(8-25-7-12)28-33(31,32)16-5-13(22)4-14(23)6-16/h3-11,28H,1-2H3,(H2,24,26,27). The van der Waals surface area contributed by atoms with E-state index in [2.05, 4.69) is 19.7 Å². The van der Waals surface area contributed by atoms with Crippen LogP contribution in [0, 0.1) is 0 Å². The first kappa shape index (κ1) is 23.0. The molecule has 0 saturated carbocycles. The van der Waals surface area contributed by atoms with Gasteiger partial charge in [0.05, 0.1) is 27.7 Å². The number of ketones is 1. The maximum atomic E-state index is 13.3. The molecule has 0 saturated heterocycles. The van der Waals surface area contributed by atoms with Crippen molar-refractivity contribution in [2.75, 3.05) is 10.5 Å². The molecule has 4 aromatic rings. The van der Waals surface area contributed by atoms with Crippen molar-refractivity contribution in [1.82, 2.24) is 19.5 Å². The Morgan fingerprint density at radius 1 is 1.09 bits per heavy atom. The minimum atomic E-state index is -4.03. The van der Waals surface area contributed by atoms with Crippen LogP contribution in [0.25, 0.3) is 11.0 Å².